The van der Waals surface area contributed by atoms with Crippen molar-refractivity contribution in [3.63, 3.8) is 0 Å². The first-order chi connectivity index (χ1) is 7.00. The fourth-order valence-electron chi connectivity index (χ4n) is 1.08. The van der Waals surface area contributed by atoms with Crippen LogP contribution in [0.25, 0.3) is 0 Å². The van der Waals surface area contributed by atoms with Gasteiger partial charge in [-0.1, -0.05) is 13.8 Å². The summed E-state index contributed by atoms with van der Waals surface area (Å²) >= 11 is 1.62. The molecule has 4 nitrogen and oxygen atoms in total. The Bertz CT molecular complexity index is 336. The molecule has 0 bridgehead atoms. The number of aromatic nitrogens is 1. The fourth-order valence-corrected chi connectivity index (χ4v) is 1.98. The van der Waals surface area contributed by atoms with E-state index >= 15 is 0 Å². The van der Waals surface area contributed by atoms with Gasteiger partial charge in [0.25, 0.3) is 0 Å². The maximum absolute atomic E-state index is 10.4. The molecule has 1 heterocycles. The Morgan fingerprint density at radius 2 is 2.33 bits per heavy atom. The van der Waals surface area contributed by atoms with Crippen LogP contribution >= 0.6 is 11.3 Å². The Hall–Kier alpha value is -1.10. The van der Waals surface area contributed by atoms with E-state index in [4.69, 9.17) is 5.11 Å². The van der Waals surface area contributed by atoms with Gasteiger partial charge in [0, 0.05) is 24.7 Å². The number of carboxylic acids is 1. The van der Waals surface area contributed by atoms with Crippen LogP contribution in [0, 0.1) is 0 Å². The number of aliphatic carboxylic acids is 1. The zero-order valence-corrected chi connectivity index (χ0v) is 10.0. The Labute approximate surface area is 93.6 Å². The summed E-state index contributed by atoms with van der Waals surface area (Å²) < 4.78 is 0. The summed E-state index contributed by atoms with van der Waals surface area (Å²) in [6, 6.07) is 0. The van der Waals surface area contributed by atoms with Crippen molar-refractivity contribution in [3.05, 3.63) is 11.1 Å². The smallest absolute Gasteiger partial charge is 0.305 e. The molecule has 0 saturated carbocycles. The number of thiazole rings is 1. The van der Waals surface area contributed by atoms with Gasteiger partial charge in [-0.2, -0.15) is 0 Å². The van der Waals surface area contributed by atoms with Gasteiger partial charge in [-0.25, -0.2) is 4.98 Å². The van der Waals surface area contributed by atoms with Crippen LogP contribution in [0.3, 0.4) is 0 Å². The first-order valence-electron chi connectivity index (χ1n) is 4.89. The van der Waals surface area contributed by atoms with Crippen LogP contribution in [0.4, 0.5) is 5.13 Å². The summed E-state index contributed by atoms with van der Waals surface area (Å²) in [5, 5.41) is 9.45. The lowest BCUT2D eigenvalue weighted by Gasteiger charge is -2.13. The Balaban J connectivity index is 2.57. The van der Waals surface area contributed by atoms with E-state index in [1.54, 1.807) is 11.3 Å². The predicted molar refractivity (Wildman–Crippen MR) is 61.7 cm³/mol. The molecular formula is C10H16N2O2S. The van der Waals surface area contributed by atoms with Crippen molar-refractivity contribution in [2.75, 3.05) is 18.5 Å². The van der Waals surface area contributed by atoms with Crippen LogP contribution in [0.2, 0.25) is 0 Å². The molecule has 0 radical (unpaired) electrons. The van der Waals surface area contributed by atoms with Crippen molar-refractivity contribution < 1.29 is 9.90 Å². The largest absolute Gasteiger partial charge is 0.481 e. The number of hydrogen-bond acceptors (Lipinski definition) is 4. The van der Waals surface area contributed by atoms with Crippen LogP contribution < -0.4 is 4.90 Å². The van der Waals surface area contributed by atoms with Gasteiger partial charge < -0.3 is 10.0 Å². The third-order valence-electron chi connectivity index (χ3n) is 2.07. The van der Waals surface area contributed by atoms with Gasteiger partial charge in [0.1, 0.15) is 0 Å². The normalized spacial score (nSPS) is 10.7. The van der Waals surface area contributed by atoms with Crippen LogP contribution in [0.15, 0.2) is 6.20 Å². The Morgan fingerprint density at radius 1 is 1.67 bits per heavy atom. The minimum absolute atomic E-state index is 0.146. The topological polar surface area (TPSA) is 53.4 Å². The van der Waals surface area contributed by atoms with Gasteiger partial charge in [-0.05, 0) is 5.92 Å². The summed E-state index contributed by atoms with van der Waals surface area (Å²) in [7, 11) is 1.87. The summed E-state index contributed by atoms with van der Waals surface area (Å²) in [5.41, 5.74) is 0. The lowest BCUT2D eigenvalue weighted by Crippen LogP contribution is -2.20. The van der Waals surface area contributed by atoms with E-state index in [0.717, 1.165) is 5.13 Å². The zero-order chi connectivity index (χ0) is 11.4. The summed E-state index contributed by atoms with van der Waals surface area (Å²) in [4.78, 5) is 17.8. The molecule has 0 aromatic carbocycles. The number of rotatable bonds is 5. The van der Waals surface area contributed by atoms with Crippen molar-refractivity contribution in [3.8, 4) is 0 Å². The molecule has 5 heteroatoms. The first-order valence-corrected chi connectivity index (χ1v) is 5.71. The molecule has 1 aromatic heterocycles. The lowest BCUT2D eigenvalue weighted by atomic mass is 10.2. The summed E-state index contributed by atoms with van der Waals surface area (Å²) in [5.74, 6) is -0.299. The maximum atomic E-state index is 10.4. The second-order valence-corrected chi connectivity index (χ2v) is 4.81. The third kappa shape index (κ3) is 3.51. The van der Waals surface area contributed by atoms with Crippen molar-refractivity contribution >= 4 is 22.4 Å². The summed E-state index contributed by atoms with van der Waals surface area (Å²) in [6.07, 6.45) is 2.01. The molecule has 1 N–H and O–H groups in total. The maximum Gasteiger partial charge on any atom is 0.305 e. The molecule has 0 aliphatic carbocycles. The van der Waals surface area contributed by atoms with Gasteiger partial charge in [-0.15, -0.1) is 11.3 Å². The van der Waals surface area contributed by atoms with E-state index in [2.05, 4.69) is 18.8 Å². The van der Waals surface area contributed by atoms with Gasteiger partial charge in [0.2, 0.25) is 0 Å². The standard InChI is InChI=1S/C10H16N2O2S/c1-7(2)8-6-11-10(15-8)12(3)5-4-9(13)14/h6-7H,4-5H2,1-3H3,(H,13,14). The first kappa shape index (κ1) is 12.0. The van der Waals surface area contributed by atoms with E-state index in [1.807, 2.05) is 18.1 Å². The number of anilines is 1. The monoisotopic (exact) mass is 228 g/mol. The summed E-state index contributed by atoms with van der Waals surface area (Å²) in [6.45, 7) is 4.74. The Morgan fingerprint density at radius 3 is 2.80 bits per heavy atom. The minimum Gasteiger partial charge on any atom is -0.481 e. The van der Waals surface area contributed by atoms with Crippen LogP contribution in [0.5, 0.6) is 0 Å². The lowest BCUT2D eigenvalue weighted by molar-refractivity contribution is -0.136. The molecule has 0 aliphatic rings. The number of hydrogen-bond donors (Lipinski definition) is 1. The van der Waals surface area contributed by atoms with Crippen molar-refractivity contribution in [2.24, 2.45) is 0 Å². The highest BCUT2D eigenvalue weighted by molar-refractivity contribution is 7.15. The molecule has 0 saturated heterocycles. The van der Waals surface area contributed by atoms with E-state index in [1.165, 1.54) is 4.88 Å². The average Bonchev–Trinajstić information content (AvgIpc) is 2.62. The molecule has 0 fully saturated rings. The van der Waals surface area contributed by atoms with Crippen molar-refractivity contribution in [1.82, 2.24) is 4.98 Å². The molecule has 0 aliphatic heterocycles. The molecule has 0 unspecified atom stereocenters. The number of carbonyl (C=O) groups is 1. The van der Waals surface area contributed by atoms with Crippen molar-refractivity contribution in [1.29, 1.82) is 0 Å². The molecule has 0 spiro atoms. The van der Waals surface area contributed by atoms with Gasteiger partial charge in [0.05, 0.1) is 6.42 Å². The van der Waals surface area contributed by atoms with Gasteiger partial charge in [0.15, 0.2) is 5.13 Å². The highest BCUT2D eigenvalue weighted by Crippen LogP contribution is 2.27. The van der Waals surface area contributed by atoms with Crippen LogP contribution in [-0.2, 0) is 4.79 Å². The average molecular weight is 228 g/mol. The molecule has 15 heavy (non-hydrogen) atoms. The van der Waals surface area contributed by atoms with Crippen molar-refractivity contribution in [2.45, 2.75) is 26.2 Å². The third-order valence-corrected chi connectivity index (χ3v) is 3.48. The SMILES string of the molecule is CC(C)c1cnc(N(C)CCC(=O)O)s1. The number of nitrogens with zero attached hydrogens (tertiary/aromatic N) is 2. The quantitative estimate of drug-likeness (QED) is 0.839. The van der Waals surface area contributed by atoms with Crippen LogP contribution in [-0.4, -0.2) is 29.7 Å². The van der Waals surface area contributed by atoms with E-state index in [-0.39, 0.29) is 6.42 Å². The second kappa shape index (κ2) is 5.11. The van der Waals surface area contributed by atoms with E-state index in [0.29, 0.717) is 12.5 Å². The second-order valence-electron chi connectivity index (χ2n) is 3.77. The Kier molecular flexibility index (Phi) is 4.08. The molecule has 0 atom stereocenters. The van der Waals surface area contributed by atoms with E-state index < -0.39 is 5.97 Å². The highest BCUT2D eigenvalue weighted by Gasteiger charge is 2.10. The molecular weight excluding hydrogens is 212 g/mol. The molecule has 1 rings (SSSR count). The molecule has 1 aromatic rings. The predicted octanol–water partition coefficient (Wildman–Crippen LogP) is 2.18. The fraction of sp³-hybridized carbons (Fsp3) is 0.600. The minimum atomic E-state index is -0.775. The van der Waals surface area contributed by atoms with Crippen LogP contribution in [0.1, 0.15) is 31.1 Å². The molecule has 0 amide bonds. The van der Waals surface area contributed by atoms with Gasteiger partial charge in [-0.3, -0.25) is 4.79 Å². The van der Waals surface area contributed by atoms with E-state index in [9.17, 15) is 4.79 Å². The van der Waals surface area contributed by atoms with Gasteiger partial charge >= 0.3 is 5.97 Å². The highest BCUT2D eigenvalue weighted by atomic mass is 32.1. The molecule has 84 valence electrons. The zero-order valence-electron chi connectivity index (χ0n) is 9.23. The number of carboxylic acid groups (broad SMARTS) is 1.